The molecule has 0 radical (unpaired) electrons. The topological polar surface area (TPSA) is 81.4 Å². The Kier molecular flexibility index (Phi) is 6.18. The maximum Gasteiger partial charge on any atom is 0.256 e. The van der Waals surface area contributed by atoms with E-state index >= 15 is 0 Å². The Hall–Kier alpha value is -1.76. The highest BCUT2D eigenvalue weighted by atomic mass is 35.5. The van der Waals surface area contributed by atoms with Crippen LogP contribution < -0.4 is 15.8 Å². The molecule has 2 amide bonds. The monoisotopic (exact) mass is 454 g/mol. The van der Waals surface area contributed by atoms with Gasteiger partial charge >= 0.3 is 0 Å². The first-order chi connectivity index (χ1) is 13.5. The molecule has 0 unspecified atom stereocenters. The van der Waals surface area contributed by atoms with Gasteiger partial charge in [0.05, 0.1) is 22.7 Å². The zero-order valence-electron chi connectivity index (χ0n) is 16.8. The number of nitrogens with one attached hydrogen (secondary N) is 1. The molecule has 156 valence electrons. The van der Waals surface area contributed by atoms with Gasteiger partial charge in [0.1, 0.15) is 5.00 Å². The number of hydrogen-bond acceptors (Lipinski definition) is 4. The third-order valence-corrected chi connectivity index (χ3v) is 7.16. The minimum atomic E-state index is -0.530. The molecule has 0 spiro atoms. The maximum atomic E-state index is 12.8. The molecule has 3 N–H and O–H groups in total. The van der Waals surface area contributed by atoms with Crippen molar-refractivity contribution in [2.75, 3.05) is 12.4 Å². The average molecular weight is 455 g/mol. The molecule has 1 atom stereocenters. The van der Waals surface area contributed by atoms with Crippen molar-refractivity contribution in [3.8, 4) is 5.75 Å². The number of primary amides is 1. The minimum absolute atomic E-state index is 0.175. The summed E-state index contributed by atoms with van der Waals surface area (Å²) in [6.07, 6.45) is 2.65. The number of halogens is 2. The van der Waals surface area contributed by atoms with Crippen molar-refractivity contribution >= 4 is 51.4 Å². The zero-order chi connectivity index (χ0) is 21.5. The molecule has 5 nitrogen and oxygen atoms in total. The van der Waals surface area contributed by atoms with Gasteiger partial charge in [-0.25, -0.2) is 0 Å². The van der Waals surface area contributed by atoms with E-state index in [0.717, 1.165) is 29.7 Å². The van der Waals surface area contributed by atoms with E-state index in [2.05, 4.69) is 26.1 Å². The predicted molar refractivity (Wildman–Crippen MR) is 119 cm³/mol. The van der Waals surface area contributed by atoms with E-state index in [0.29, 0.717) is 22.2 Å². The summed E-state index contributed by atoms with van der Waals surface area (Å²) in [7, 11) is 1.45. The Morgan fingerprint density at radius 1 is 1.24 bits per heavy atom. The highest BCUT2D eigenvalue weighted by molar-refractivity contribution is 7.17. The molecule has 8 heteroatoms. The van der Waals surface area contributed by atoms with Crippen LogP contribution in [0, 0.1) is 11.3 Å². The first-order valence-electron chi connectivity index (χ1n) is 9.31. The second kappa shape index (κ2) is 8.17. The molecule has 1 aliphatic rings. The third-order valence-electron chi connectivity index (χ3n) is 5.43. The summed E-state index contributed by atoms with van der Waals surface area (Å²) in [4.78, 5) is 26.1. The zero-order valence-corrected chi connectivity index (χ0v) is 19.1. The molecule has 1 aliphatic carbocycles. The van der Waals surface area contributed by atoms with Crippen LogP contribution in [0.25, 0.3) is 0 Å². The number of hydrogen-bond donors (Lipinski definition) is 2. The Labute approximate surface area is 184 Å². The summed E-state index contributed by atoms with van der Waals surface area (Å²) >= 11 is 13.7. The van der Waals surface area contributed by atoms with E-state index in [9.17, 15) is 9.59 Å². The average Bonchev–Trinajstić information content (AvgIpc) is 2.97. The second-order valence-electron chi connectivity index (χ2n) is 8.31. The number of benzene rings is 1. The number of rotatable bonds is 4. The fourth-order valence-corrected chi connectivity index (χ4v) is 5.70. The molecule has 0 saturated carbocycles. The number of nitrogens with two attached hydrogens (primary N) is 1. The van der Waals surface area contributed by atoms with Crippen molar-refractivity contribution in [3.05, 3.63) is 43.7 Å². The van der Waals surface area contributed by atoms with Crippen molar-refractivity contribution in [1.82, 2.24) is 0 Å². The summed E-state index contributed by atoms with van der Waals surface area (Å²) < 4.78 is 5.12. The smallest absolute Gasteiger partial charge is 0.256 e. The van der Waals surface area contributed by atoms with Crippen LogP contribution in [0.1, 0.15) is 58.3 Å². The minimum Gasteiger partial charge on any atom is -0.494 e. The number of fused-ring (bicyclic) bond motifs is 1. The van der Waals surface area contributed by atoms with Crippen molar-refractivity contribution in [1.29, 1.82) is 0 Å². The number of carbonyl (C=O) groups is 2. The molecular weight excluding hydrogens is 431 g/mol. The van der Waals surface area contributed by atoms with Crippen molar-refractivity contribution < 1.29 is 14.3 Å². The first-order valence-corrected chi connectivity index (χ1v) is 10.9. The number of carbonyl (C=O) groups excluding carboxylic acids is 2. The lowest BCUT2D eigenvalue weighted by atomic mass is 9.72. The lowest BCUT2D eigenvalue weighted by Crippen LogP contribution is -2.27. The van der Waals surface area contributed by atoms with Gasteiger partial charge in [0.2, 0.25) is 0 Å². The molecule has 0 saturated heterocycles. The van der Waals surface area contributed by atoms with Crippen LogP contribution in [0.4, 0.5) is 5.00 Å². The number of anilines is 1. The molecule has 0 aliphatic heterocycles. The maximum absolute atomic E-state index is 12.8. The van der Waals surface area contributed by atoms with E-state index in [4.69, 9.17) is 33.7 Å². The number of methoxy groups -OCH3 is 1. The molecule has 2 aromatic rings. The number of ether oxygens (including phenoxy) is 1. The van der Waals surface area contributed by atoms with Gasteiger partial charge in [-0.3, -0.25) is 9.59 Å². The SMILES string of the molecule is COc1c(Cl)cc(C(=O)Nc2sc3c(c2C(N)=O)CC[C@H](C(C)(C)C)C3)cc1Cl. The molecule has 3 rings (SSSR count). The van der Waals surface area contributed by atoms with Crippen molar-refractivity contribution in [2.45, 2.75) is 40.0 Å². The Balaban J connectivity index is 1.93. The van der Waals surface area contributed by atoms with Crippen LogP contribution in [-0.4, -0.2) is 18.9 Å². The van der Waals surface area contributed by atoms with Gasteiger partial charge in [-0.1, -0.05) is 44.0 Å². The summed E-state index contributed by atoms with van der Waals surface area (Å²) in [5.41, 5.74) is 7.49. The number of thiophene rings is 1. The molecule has 1 heterocycles. The van der Waals surface area contributed by atoms with E-state index in [1.54, 1.807) is 0 Å². The van der Waals surface area contributed by atoms with Gasteiger partial charge in [0.15, 0.2) is 5.75 Å². The molecule has 0 fully saturated rings. The normalized spacial score (nSPS) is 16.3. The van der Waals surface area contributed by atoms with Gasteiger partial charge in [-0.2, -0.15) is 0 Å². The fraction of sp³-hybridized carbons (Fsp3) is 0.429. The van der Waals surface area contributed by atoms with Gasteiger partial charge in [-0.15, -0.1) is 11.3 Å². The fourth-order valence-electron chi connectivity index (χ4n) is 3.74. The van der Waals surface area contributed by atoms with E-state index in [1.807, 2.05) is 0 Å². The summed E-state index contributed by atoms with van der Waals surface area (Å²) in [5.74, 6) is -0.123. The van der Waals surface area contributed by atoms with Crippen LogP contribution in [0.5, 0.6) is 5.75 Å². The molecule has 1 aromatic carbocycles. The standard InChI is InChI=1S/C21H24Cl2N2O3S/c1-21(2,3)11-5-6-12-15(9-11)29-20(16(12)18(24)26)25-19(27)10-7-13(22)17(28-4)14(23)8-10/h7-8,11H,5-6,9H2,1-4H3,(H2,24,26)(H,25,27)/t11-/m0/s1. The van der Waals surface area contributed by atoms with Crippen LogP contribution in [0.2, 0.25) is 10.0 Å². The number of amides is 2. The molecular formula is C21H24Cl2N2O3S. The summed E-state index contributed by atoms with van der Waals surface area (Å²) in [6.45, 7) is 6.68. The quantitative estimate of drug-likeness (QED) is 0.633. The van der Waals surface area contributed by atoms with Gasteiger partial charge < -0.3 is 15.8 Å². The largest absolute Gasteiger partial charge is 0.494 e. The van der Waals surface area contributed by atoms with E-state index in [-0.39, 0.29) is 21.0 Å². The van der Waals surface area contributed by atoms with Crippen LogP contribution in [0.15, 0.2) is 12.1 Å². The lowest BCUT2D eigenvalue weighted by molar-refractivity contribution is 0.1000. The molecule has 0 bridgehead atoms. The van der Waals surface area contributed by atoms with Gasteiger partial charge in [0.25, 0.3) is 11.8 Å². The Bertz CT molecular complexity index is 956. The van der Waals surface area contributed by atoms with Gasteiger partial charge in [-0.05, 0) is 48.3 Å². The Morgan fingerprint density at radius 3 is 2.38 bits per heavy atom. The predicted octanol–water partition coefficient (Wildman–Crippen LogP) is 5.57. The lowest BCUT2D eigenvalue weighted by Gasteiger charge is -2.33. The molecule has 29 heavy (non-hydrogen) atoms. The Morgan fingerprint density at radius 2 is 1.86 bits per heavy atom. The second-order valence-corrected chi connectivity index (χ2v) is 10.2. The summed E-state index contributed by atoms with van der Waals surface area (Å²) in [6, 6.07) is 2.96. The summed E-state index contributed by atoms with van der Waals surface area (Å²) in [5, 5.41) is 3.78. The molecule has 1 aromatic heterocycles. The highest BCUT2D eigenvalue weighted by Crippen LogP contribution is 2.44. The van der Waals surface area contributed by atoms with Crippen LogP contribution >= 0.6 is 34.5 Å². The van der Waals surface area contributed by atoms with Crippen LogP contribution in [-0.2, 0) is 12.8 Å². The van der Waals surface area contributed by atoms with Crippen LogP contribution in [0.3, 0.4) is 0 Å². The van der Waals surface area contributed by atoms with Gasteiger partial charge in [0, 0.05) is 10.4 Å². The highest BCUT2D eigenvalue weighted by Gasteiger charge is 2.33. The first kappa shape index (κ1) is 21.9. The van der Waals surface area contributed by atoms with Crippen molar-refractivity contribution in [3.63, 3.8) is 0 Å². The third kappa shape index (κ3) is 4.39. The van der Waals surface area contributed by atoms with Crippen molar-refractivity contribution in [2.24, 2.45) is 17.1 Å². The van der Waals surface area contributed by atoms with E-state index in [1.165, 1.54) is 30.6 Å². The van der Waals surface area contributed by atoms with E-state index < -0.39 is 11.8 Å².